The second-order valence-corrected chi connectivity index (χ2v) is 8.40. The number of rotatable bonds is 6. The first-order valence-electron chi connectivity index (χ1n) is 9.59. The Hall–Kier alpha value is -3.16. The molecule has 2 aromatic carbocycles. The molecule has 0 radical (unpaired) electrons. The van der Waals surface area contributed by atoms with Crippen LogP contribution < -0.4 is 4.74 Å². The molecule has 2 heterocycles. The zero-order chi connectivity index (χ0) is 22.8. The maximum Gasteiger partial charge on any atom is 0.354 e. The molecule has 4 aromatic rings. The van der Waals surface area contributed by atoms with E-state index >= 15 is 0 Å². The van der Waals surface area contributed by atoms with Gasteiger partial charge in [0.05, 0.1) is 5.69 Å². The zero-order valence-corrected chi connectivity index (χ0v) is 19.2. The molecule has 0 fully saturated rings. The highest BCUT2D eigenvalue weighted by molar-refractivity contribution is 9.10. The lowest BCUT2D eigenvalue weighted by atomic mass is 10.1. The Balaban J connectivity index is 1.76. The Morgan fingerprint density at radius 3 is 2.72 bits per heavy atom. The molecule has 5 nitrogen and oxygen atoms in total. The number of benzene rings is 2. The van der Waals surface area contributed by atoms with Gasteiger partial charge in [0.25, 0.3) is 0 Å². The predicted octanol–water partition coefficient (Wildman–Crippen LogP) is 6.68. The van der Waals surface area contributed by atoms with Gasteiger partial charge in [0.1, 0.15) is 24.0 Å². The van der Waals surface area contributed by atoms with Crippen molar-refractivity contribution in [2.24, 2.45) is 0 Å². The third kappa shape index (κ3) is 4.54. The summed E-state index contributed by atoms with van der Waals surface area (Å²) in [5, 5.41) is 9.82. The van der Waals surface area contributed by atoms with Crippen LogP contribution in [0, 0.1) is 12.7 Å². The second-order valence-electron chi connectivity index (χ2n) is 7.05. The van der Waals surface area contributed by atoms with Crippen LogP contribution in [0.3, 0.4) is 0 Å². The molecule has 1 N–H and O–H groups in total. The third-order valence-electron chi connectivity index (χ3n) is 4.87. The fourth-order valence-corrected chi connectivity index (χ4v) is 3.85. The number of carboxylic acid groups (broad SMARTS) is 1. The van der Waals surface area contributed by atoms with Crippen LogP contribution in [0.2, 0.25) is 5.02 Å². The monoisotopic (exact) mass is 514 g/mol. The molecule has 0 aliphatic heterocycles. The van der Waals surface area contributed by atoms with Crippen LogP contribution in [0.5, 0.6) is 5.75 Å². The average molecular weight is 516 g/mol. The first-order valence-corrected chi connectivity index (χ1v) is 10.8. The number of halogens is 3. The molecular weight excluding hydrogens is 499 g/mol. The summed E-state index contributed by atoms with van der Waals surface area (Å²) in [6, 6.07) is 18.5. The Bertz CT molecular complexity index is 1320. The van der Waals surface area contributed by atoms with E-state index in [4.69, 9.17) is 16.3 Å². The van der Waals surface area contributed by atoms with Gasteiger partial charge in [0.15, 0.2) is 5.69 Å². The van der Waals surface area contributed by atoms with Gasteiger partial charge in [-0.1, -0.05) is 39.7 Å². The molecule has 0 aliphatic rings. The molecule has 4 rings (SSSR count). The lowest BCUT2D eigenvalue weighted by Gasteiger charge is -2.16. The van der Waals surface area contributed by atoms with Gasteiger partial charge < -0.3 is 9.84 Å². The molecule has 0 bridgehead atoms. The fraction of sp³-hybridized carbons (Fsp3) is 0.0833. The molecule has 0 saturated heterocycles. The van der Waals surface area contributed by atoms with Crippen molar-refractivity contribution in [2.45, 2.75) is 13.5 Å². The van der Waals surface area contributed by atoms with Gasteiger partial charge >= 0.3 is 5.97 Å². The van der Waals surface area contributed by atoms with Crippen LogP contribution in [-0.4, -0.2) is 20.6 Å². The molecule has 0 unspecified atom stereocenters. The highest BCUT2D eigenvalue weighted by atomic mass is 79.9. The molecule has 2 aromatic heterocycles. The van der Waals surface area contributed by atoms with Crippen molar-refractivity contribution in [3.8, 4) is 22.8 Å². The molecule has 32 heavy (non-hydrogen) atoms. The number of aryl methyl sites for hydroxylation is 1. The second kappa shape index (κ2) is 9.14. The van der Waals surface area contributed by atoms with Crippen LogP contribution in [0.1, 0.15) is 21.7 Å². The first kappa shape index (κ1) is 22.0. The molecule has 0 spiro atoms. The number of carbonyl (C=O) groups is 1. The Morgan fingerprint density at radius 1 is 1.16 bits per heavy atom. The lowest BCUT2D eigenvalue weighted by Crippen LogP contribution is -2.07. The van der Waals surface area contributed by atoms with E-state index in [0.717, 1.165) is 5.69 Å². The zero-order valence-electron chi connectivity index (χ0n) is 16.8. The standard InChI is InChI=1S/C24H17BrClFN2O3/c1-14-5-9-21(29(14)23-4-2-3-20(28-23)24(30)31)18-12-17(26)8-10-22(18)32-13-15-6-7-16(25)11-19(15)27/h2-12H,13H2,1H3,(H,30,31). The van der Waals surface area contributed by atoms with Crippen molar-refractivity contribution < 1.29 is 19.0 Å². The quantitative estimate of drug-likeness (QED) is 0.311. The summed E-state index contributed by atoms with van der Waals surface area (Å²) in [4.78, 5) is 15.6. The summed E-state index contributed by atoms with van der Waals surface area (Å²) in [5.41, 5.74) is 2.59. The molecule has 162 valence electrons. The summed E-state index contributed by atoms with van der Waals surface area (Å²) in [7, 11) is 0. The summed E-state index contributed by atoms with van der Waals surface area (Å²) in [5.74, 6) is -0.525. The minimum atomic E-state index is -1.11. The molecule has 0 atom stereocenters. The molecule has 0 aliphatic carbocycles. The van der Waals surface area contributed by atoms with Gasteiger partial charge in [-0.05, 0) is 61.5 Å². The fourth-order valence-electron chi connectivity index (χ4n) is 3.34. The topological polar surface area (TPSA) is 64.3 Å². The Labute approximate surface area is 197 Å². The number of carboxylic acids is 1. The van der Waals surface area contributed by atoms with E-state index in [1.807, 2.05) is 23.6 Å². The van der Waals surface area contributed by atoms with E-state index in [1.54, 1.807) is 42.5 Å². The third-order valence-corrected chi connectivity index (χ3v) is 5.60. The first-order chi connectivity index (χ1) is 15.3. The Morgan fingerprint density at radius 2 is 1.97 bits per heavy atom. The van der Waals surface area contributed by atoms with Crippen LogP contribution in [0.4, 0.5) is 4.39 Å². The number of hydrogen-bond acceptors (Lipinski definition) is 3. The number of nitrogens with zero attached hydrogens (tertiary/aromatic N) is 2. The number of hydrogen-bond donors (Lipinski definition) is 1. The van der Waals surface area contributed by atoms with Crippen molar-refractivity contribution in [1.82, 2.24) is 9.55 Å². The SMILES string of the molecule is Cc1ccc(-c2cc(Cl)ccc2OCc2ccc(Br)cc2F)n1-c1cccc(C(=O)O)n1. The Kier molecular flexibility index (Phi) is 6.30. The van der Waals surface area contributed by atoms with E-state index in [2.05, 4.69) is 20.9 Å². The van der Waals surface area contributed by atoms with Gasteiger partial charge in [0.2, 0.25) is 0 Å². The van der Waals surface area contributed by atoms with Gasteiger partial charge in [-0.3, -0.25) is 4.57 Å². The van der Waals surface area contributed by atoms with Gasteiger partial charge in [-0.25, -0.2) is 14.2 Å². The summed E-state index contributed by atoms with van der Waals surface area (Å²) in [6.07, 6.45) is 0. The maximum absolute atomic E-state index is 14.2. The number of ether oxygens (including phenoxy) is 1. The van der Waals surface area contributed by atoms with Gasteiger partial charge in [-0.2, -0.15) is 0 Å². The normalized spacial score (nSPS) is 10.9. The van der Waals surface area contributed by atoms with E-state index in [1.165, 1.54) is 12.1 Å². The van der Waals surface area contributed by atoms with E-state index in [-0.39, 0.29) is 18.1 Å². The predicted molar refractivity (Wildman–Crippen MR) is 124 cm³/mol. The van der Waals surface area contributed by atoms with E-state index < -0.39 is 5.97 Å². The number of pyridine rings is 1. The molecule has 8 heteroatoms. The molecule has 0 saturated carbocycles. The smallest absolute Gasteiger partial charge is 0.354 e. The summed E-state index contributed by atoms with van der Waals surface area (Å²) < 4.78 is 22.7. The van der Waals surface area contributed by atoms with Crippen LogP contribution in [0.25, 0.3) is 17.1 Å². The maximum atomic E-state index is 14.2. The van der Waals surface area contributed by atoms with Crippen molar-refractivity contribution in [1.29, 1.82) is 0 Å². The van der Waals surface area contributed by atoms with Crippen molar-refractivity contribution in [3.63, 3.8) is 0 Å². The van der Waals surface area contributed by atoms with Crippen molar-refractivity contribution in [2.75, 3.05) is 0 Å². The van der Waals surface area contributed by atoms with Crippen molar-refractivity contribution >= 4 is 33.5 Å². The lowest BCUT2D eigenvalue weighted by molar-refractivity contribution is 0.0690. The van der Waals surface area contributed by atoms with Crippen LogP contribution in [0.15, 0.2) is 71.2 Å². The van der Waals surface area contributed by atoms with Gasteiger partial charge in [-0.15, -0.1) is 0 Å². The van der Waals surface area contributed by atoms with Crippen LogP contribution >= 0.6 is 27.5 Å². The number of aromatic nitrogens is 2. The molecular formula is C24H17BrClFN2O3. The van der Waals surface area contributed by atoms with E-state index in [9.17, 15) is 14.3 Å². The minimum absolute atomic E-state index is 0.0280. The number of aromatic carboxylic acids is 1. The highest BCUT2D eigenvalue weighted by Crippen LogP contribution is 2.36. The van der Waals surface area contributed by atoms with E-state index in [0.29, 0.717) is 37.9 Å². The molecule has 0 amide bonds. The van der Waals surface area contributed by atoms with Crippen LogP contribution in [-0.2, 0) is 6.61 Å². The largest absolute Gasteiger partial charge is 0.488 e. The average Bonchev–Trinajstić information content (AvgIpc) is 3.15. The summed E-state index contributed by atoms with van der Waals surface area (Å²) >= 11 is 9.52. The summed E-state index contributed by atoms with van der Waals surface area (Å²) in [6.45, 7) is 1.92. The minimum Gasteiger partial charge on any atom is -0.488 e. The highest BCUT2D eigenvalue weighted by Gasteiger charge is 2.17. The van der Waals surface area contributed by atoms with Gasteiger partial charge in [0, 0.05) is 26.3 Å². The van der Waals surface area contributed by atoms with Crippen molar-refractivity contribution in [3.05, 3.63) is 99.0 Å².